The van der Waals surface area contributed by atoms with Gasteiger partial charge in [0, 0.05) is 22.5 Å². The van der Waals surface area contributed by atoms with E-state index in [2.05, 4.69) is 20.8 Å². The van der Waals surface area contributed by atoms with Crippen LogP contribution in [0.2, 0.25) is 0 Å². The van der Waals surface area contributed by atoms with Crippen molar-refractivity contribution < 1.29 is 15.0 Å². The molecule has 0 spiro atoms. The standard InChI is InChI=1S/C20H28O3/c1-11(2)13-9-12-10-14(21)18-19(3,4)7-6-8-20(18,5)15(12)17(23)16(13)22/h9-11,14,18,21,23H,6-8H2,1-5H3/t14-,18+,20-/m1/s1. The van der Waals surface area contributed by atoms with Crippen LogP contribution in [0.3, 0.4) is 0 Å². The predicted octanol–water partition coefficient (Wildman–Crippen LogP) is 4.10. The summed E-state index contributed by atoms with van der Waals surface area (Å²) in [5.41, 5.74) is 1.85. The van der Waals surface area contributed by atoms with Crippen molar-refractivity contribution in [1.82, 2.24) is 0 Å². The van der Waals surface area contributed by atoms with Crippen molar-refractivity contribution in [2.75, 3.05) is 0 Å². The second-order valence-corrected chi connectivity index (χ2v) is 8.66. The van der Waals surface area contributed by atoms with Gasteiger partial charge in [0.15, 0.2) is 5.76 Å². The molecular formula is C20H28O3. The number of aliphatic hydroxyl groups excluding tert-OH is 2. The highest BCUT2D eigenvalue weighted by Gasteiger charge is 2.55. The average molecular weight is 316 g/mol. The quantitative estimate of drug-likeness (QED) is 0.766. The van der Waals surface area contributed by atoms with E-state index in [0.29, 0.717) is 5.57 Å². The molecule has 0 radical (unpaired) electrons. The highest BCUT2D eigenvalue weighted by Crippen LogP contribution is 2.61. The van der Waals surface area contributed by atoms with Crippen LogP contribution in [0.25, 0.3) is 0 Å². The first-order valence-electron chi connectivity index (χ1n) is 8.70. The lowest BCUT2D eigenvalue weighted by Crippen LogP contribution is -2.52. The predicted molar refractivity (Wildman–Crippen MR) is 90.9 cm³/mol. The Kier molecular flexibility index (Phi) is 3.64. The number of hydrogen-bond acceptors (Lipinski definition) is 3. The Balaban J connectivity index is 2.22. The van der Waals surface area contributed by atoms with Crippen LogP contribution in [0.4, 0.5) is 0 Å². The number of fused-ring (bicyclic) bond motifs is 3. The maximum atomic E-state index is 12.6. The van der Waals surface area contributed by atoms with E-state index < -0.39 is 6.10 Å². The third-order valence-electron chi connectivity index (χ3n) is 6.24. The van der Waals surface area contributed by atoms with Gasteiger partial charge in [0.25, 0.3) is 0 Å². The largest absolute Gasteiger partial charge is 0.504 e. The highest BCUT2D eigenvalue weighted by atomic mass is 16.3. The van der Waals surface area contributed by atoms with E-state index in [1.54, 1.807) is 0 Å². The normalized spacial score (nSPS) is 36.4. The van der Waals surface area contributed by atoms with Crippen molar-refractivity contribution in [3.63, 3.8) is 0 Å². The minimum absolute atomic E-state index is 0.0199. The van der Waals surface area contributed by atoms with Gasteiger partial charge in [0.2, 0.25) is 5.78 Å². The molecule has 0 unspecified atom stereocenters. The van der Waals surface area contributed by atoms with E-state index >= 15 is 0 Å². The molecule has 23 heavy (non-hydrogen) atoms. The molecule has 0 saturated heterocycles. The summed E-state index contributed by atoms with van der Waals surface area (Å²) >= 11 is 0. The molecule has 0 amide bonds. The lowest BCUT2D eigenvalue weighted by Gasteiger charge is -2.56. The van der Waals surface area contributed by atoms with Gasteiger partial charge in [-0.15, -0.1) is 0 Å². The minimum atomic E-state index is -0.542. The number of hydrogen-bond donors (Lipinski definition) is 2. The van der Waals surface area contributed by atoms with Crippen LogP contribution in [0.5, 0.6) is 0 Å². The lowest BCUT2D eigenvalue weighted by atomic mass is 9.49. The Bertz CT molecular complexity index is 648. The summed E-state index contributed by atoms with van der Waals surface area (Å²) in [5.74, 6) is -0.268. The third kappa shape index (κ3) is 2.24. The van der Waals surface area contributed by atoms with E-state index in [-0.39, 0.29) is 34.2 Å². The molecule has 126 valence electrons. The van der Waals surface area contributed by atoms with Crippen LogP contribution in [0, 0.1) is 22.7 Å². The monoisotopic (exact) mass is 316 g/mol. The number of carbonyl (C=O) groups is 1. The Labute approximate surface area is 138 Å². The van der Waals surface area contributed by atoms with Crippen LogP contribution in [0.15, 0.2) is 34.6 Å². The zero-order valence-electron chi connectivity index (χ0n) is 14.8. The molecule has 3 aliphatic rings. The molecule has 1 saturated carbocycles. The van der Waals surface area contributed by atoms with Crippen molar-refractivity contribution >= 4 is 5.78 Å². The van der Waals surface area contributed by atoms with Crippen LogP contribution in [-0.4, -0.2) is 22.1 Å². The lowest BCUT2D eigenvalue weighted by molar-refractivity contribution is -0.115. The number of ketones is 1. The van der Waals surface area contributed by atoms with Crippen LogP contribution in [0.1, 0.15) is 53.9 Å². The summed E-state index contributed by atoms with van der Waals surface area (Å²) < 4.78 is 0. The second kappa shape index (κ2) is 5.07. The van der Waals surface area contributed by atoms with E-state index in [1.165, 1.54) is 0 Å². The smallest absolute Gasteiger partial charge is 0.223 e. The summed E-state index contributed by atoms with van der Waals surface area (Å²) in [4.78, 5) is 12.6. The van der Waals surface area contributed by atoms with Gasteiger partial charge >= 0.3 is 0 Å². The number of Topliss-reactive ketones (excluding diaryl/α,β-unsaturated/α-hetero) is 1. The van der Waals surface area contributed by atoms with Gasteiger partial charge in [0.1, 0.15) is 0 Å². The first-order chi connectivity index (χ1) is 10.6. The number of allylic oxidation sites excluding steroid dienone is 4. The fourth-order valence-corrected chi connectivity index (χ4v) is 5.34. The number of rotatable bonds is 1. The summed E-state index contributed by atoms with van der Waals surface area (Å²) in [6.07, 6.45) is 6.19. The maximum Gasteiger partial charge on any atom is 0.223 e. The molecule has 3 heteroatoms. The van der Waals surface area contributed by atoms with Gasteiger partial charge in [-0.05, 0) is 41.9 Å². The van der Waals surface area contributed by atoms with Crippen molar-refractivity contribution in [3.8, 4) is 0 Å². The summed E-state index contributed by atoms with van der Waals surface area (Å²) in [6.45, 7) is 10.4. The number of carbonyl (C=O) groups excluding carboxylic acids is 1. The second-order valence-electron chi connectivity index (χ2n) is 8.66. The van der Waals surface area contributed by atoms with Gasteiger partial charge in [-0.1, -0.05) is 41.0 Å². The summed E-state index contributed by atoms with van der Waals surface area (Å²) in [7, 11) is 0. The van der Waals surface area contributed by atoms with Gasteiger partial charge in [0.05, 0.1) is 6.10 Å². The average Bonchev–Trinajstić information content (AvgIpc) is 2.40. The molecule has 0 aliphatic heterocycles. The topological polar surface area (TPSA) is 57.5 Å². The molecule has 3 nitrogen and oxygen atoms in total. The molecular weight excluding hydrogens is 288 g/mol. The first-order valence-corrected chi connectivity index (χ1v) is 8.70. The summed E-state index contributed by atoms with van der Waals surface area (Å²) in [5, 5.41) is 21.5. The zero-order valence-corrected chi connectivity index (χ0v) is 14.8. The Hall–Kier alpha value is -1.35. The molecule has 0 aromatic heterocycles. The fraction of sp³-hybridized carbons (Fsp3) is 0.650. The SMILES string of the molecule is CC(C)C1=CC2=C[C@@H](O)[C@H]3C(C)(C)CCC[C@]3(C)C2=C(O)C1=O. The molecule has 0 bridgehead atoms. The van der Waals surface area contributed by atoms with Crippen molar-refractivity contribution in [2.45, 2.75) is 60.0 Å². The van der Waals surface area contributed by atoms with Gasteiger partial charge in [-0.2, -0.15) is 0 Å². The van der Waals surface area contributed by atoms with Gasteiger partial charge in [-0.3, -0.25) is 4.79 Å². The summed E-state index contributed by atoms with van der Waals surface area (Å²) in [6, 6.07) is 0. The maximum absolute atomic E-state index is 12.6. The molecule has 3 atom stereocenters. The molecule has 3 rings (SSSR count). The molecule has 1 fully saturated rings. The molecule has 3 aliphatic carbocycles. The first kappa shape index (κ1) is 16.5. The molecule has 0 heterocycles. The molecule has 0 aromatic carbocycles. The van der Waals surface area contributed by atoms with E-state index in [4.69, 9.17) is 0 Å². The zero-order chi connectivity index (χ0) is 17.2. The molecule has 2 N–H and O–H groups in total. The Morgan fingerprint density at radius 2 is 1.87 bits per heavy atom. The Morgan fingerprint density at radius 1 is 1.22 bits per heavy atom. The van der Waals surface area contributed by atoms with Crippen LogP contribution in [-0.2, 0) is 4.79 Å². The minimum Gasteiger partial charge on any atom is -0.504 e. The van der Waals surface area contributed by atoms with Gasteiger partial charge in [-0.25, -0.2) is 0 Å². The van der Waals surface area contributed by atoms with E-state index in [1.807, 2.05) is 26.0 Å². The highest BCUT2D eigenvalue weighted by molar-refractivity contribution is 6.10. The molecule has 0 aromatic rings. The van der Waals surface area contributed by atoms with Crippen molar-refractivity contribution in [3.05, 3.63) is 34.6 Å². The number of aliphatic hydroxyl groups is 2. The van der Waals surface area contributed by atoms with Gasteiger partial charge < -0.3 is 10.2 Å². The fourth-order valence-electron chi connectivity index (χ4n) is 5.34. The van der Waals surface area contributed by atoms with Crippen molar-refractivity contribution in [1.29, 1.82) is 0 Å². The van der Waals surface area contributed by atoms with Crippen molar-refractivity contribution in [2.24, 2.45) is 22.7 Å². The van der Waals surface area contributed by atoms with E-state index in [9.17, 15) is 15.0 Å². The third-order valence-corrected chi connectivity index (χ3v) is 6.24. The van der Waals surface area contributed by atoms with Crippen LogP contribution >= 0.6 is 0 Å². The van der Waals surface area contributed by atoms with E-state index in [0.717, 1.165) is 30.4 Å². The van der Waals surface area contributed by atoms with Crippen LogP contribution < -0.4 is 0 Å². The Morgan fingerprint density at radius 3 is 2.48 bits per heavy atom.